The molecule has 0 radical (unpaired) electrons. The Hall–Kier alpha value is -2.64. The molecule has 1 atom stereocenters. The molecule has 1 fully saturated rings. The number of rotatable bonds is 6. The van der Waals surface area contributed by atoms with Crippen molar-refractivity contribution in [2.24, 2.45) is 0 Å². The normalized spacial score (nSPS) is 16.7. The lowest BCUT2D eigenvalue weighted by atomic mass is 10.1. The van der Waals surface area contributed by atoms with Crippen LogP contribution in [-0.4, -0.2) is 27.3 Å². The lowest BCUT2D eigenvalue weighted by Gasteiger charge is -2.24. The maximum Gasteiger partial charge on any atom is 0.253 e. The van der Waals surface area contributed by atoms with Crippen molar-refractivity contribution in [3.63, 3.8) is 0 Å². The highest BCUT2D eigenvalue weighted by atomic mass is 32.1. The van der Waals surface area contributed by atoms with Crippen LogP contribution in [0.25, 0.3) is 0 Å². The van der Waals surface area contributed by atoms with Gasteiger partial charge in [-0.2, -0.15) is 0 Å². The minimum atomic E-state index is -0.285. The number of halogens is 1. The number of hydrogen-bond donors (Lipinski definition) is 1. The number of carbonyl (C=O) groups excluding carboxylic acids is 1. The minimum Gasteiger partial charge on any atom is -0.348 e. The third-order valence-corrected chi connectivity index (χ3v) is 6.35. The topological polar surface area (TPSA) is 58.1 Å². The first-order valence-corrected chi connectivity index (χ1v) is 11.0. The second kappa shape index (κ2) is 9.02. The molecule has 3 aromatic rings. The first-order chi connectivity index (χ1) is 14.5. The standard InChI is InChI=1S/C23H25FN4OS/c1-15-20(23(29)26-12-17-5-7-18(24)8-6-17)9-10-21(27-15)22-4-3-11-28(22)14-19-13-25-16(2)30-19/h5-10,13,22H,3-4,11-12,14H2,1-2H3,(H,26,29)/t22-/m1/s1. The fourth-order valence-electron chi connectivity index (χ4n) is 3.91. The molecule has 7 heteroatoms. The van der Waals surface area contributed by atoms with Crippen LogP contribution < -0.4 is 5.32 Å². The van der Waals surface area contributed by atoms with Gasteiger partial charge < -0.3 is 5.32 Å². The minimum absolute atomic E-state index is 0.167. The Labute approximate surface area is 180 Å². The fraction of sp³-hybridized carbons (Fsp3) is 0.348. The number of amides is 1. The molecule has 1 aliphatic heterocycles. The molecule has 1 aromatic carbocycles. The second-order valence-electron chi connectivity index (χ2n) is 7.65. The van der Waals surface area contributed by atoms with Gasteiger partial charge in [-0.25, -0.2) is 9.37 Å². The summed E-state index contributed by atoms with van der Waals surface area (Å²) in [4.78, 5) is 25.5. The van der Waals surface area contributed by atoms with Gasteiger partial charge >= 0.3 is 0 Å². The van der Waals surface area contributed by atoms with Crippen LogP contribution in [-0.2, 0) is 13.1 Å². The van der Waals surface area contributed by atoms with E-state index in [1.807, 2.05) is 32.2 Å². The predicted molar refractivity (Wildman–Crippen MR) is 116 cm³/mol. The van der Waals surface area contributed by atoms with Crippen LogP contribution in [0.3, 0.4) is 0 Å². The highest BCUT2D eigenvalue weighted by Crippen LogP contribution is 2.33. The lowest BCUT2D eigenvalue weighted by Crippen LogP contribution is -2.25. The number of hydrogen-bond acceptors (Lipinski definition) is 5. The number of aromatic nitrogens is 2. The maximum atomic E-state index is 13.0. The molecule has 1 N–H and O–H groups in total. The summed E-state index contributed by atoms with van der Waals surface area (Å²) in [6.45, 7) is 6.19. The molecule has 0 spiro atoms. The van der Waals surface area contributed by atoms with Crippen LogP contribution in [0.15, 0.2) is 42.6 Å². The van der Waals surface area contributed by atoms with Crippen molar-refractivity contribution >= 4 is 17.2 Å². The first-order valence-electron chi connectivity index (χ1n) is 10.1. The third-order valence-electron chi connectivity index (χ3n) is 5.45. The zero-order chi connectivity index (χ0) is 21.1. The Morgan fingerprint density at radius 1 is 1.23 bits per heavy atom. The van der Waals surface area contributed by atoms with Gasteiger partial charge in [-0.3, -0.25) is 14.7 Å². The van der Waals surface area contributed by atoms with E-state index in [4.69, 9.17) is 4.98 Å². The summed E-state index contributed by atoms with van der Waals surface area (Å²) < 4.78 is 13.0. The monoisotopic (exact) mass is 424 g/mol. The molecule has 0 bridgehead atoms. The number of likely N-dealkylation sites (tertiary alicyclic amines) is 1. The summed E-state index contributed by atoms with van der Waals surface area (Å²) in [5.41, 5.74) is 3.17. The van der Waals surface area contributed by atoms with Crippen molar-refractivity contribution in [1.29, 1.82) is 0 Å². The maximum absolute atomic E-state index is 13.0. The van der Waals surface area contributed by atoms with Crippen molar-refractivity contribution in [1.82, 2.24) is 20.2 Å². The van der Waals surface area contributed by atoms with Crippen LogP contribution in [0.1, 0.15) is 56.1 Å². The van der Waals surface area contributed by atoms with Crippen LogP contribution in [0.2, 0.25) is 0 Å². The molecule has 2 aromatic heterocycles. The Morgan fingerprint density at radius 2 is 2.03 bits per heavy atom. The van der Waals surface area contributed by atoms with E-state index in [1.54, 1.807) is 23.5 Å². The average Bonchev–Trinajstić information content (AvgIpc) is 3.36. The number of benzene rings is 1. The van der Waals surface area contributed by atoms with Crippen LogP contribution in [0.4, 0.5) is 4.39 Å². The Morgan fingerprint density at radius 3 is 2.73 bits per heavy atom. The molecular formula is C23H25FN4OS. The highest BCUT2D eigenvalue weighted by molar-refractivity contribution is 7.11. The predicted octanol–water partition coefficient (Wildman–Crippen LogP) is 4.56. The molecule has 4 rings (SSSR count). The van der Waals surface area contributed by atoms with Gasteiger partial charge in [0, 0.05) is 24.2 Å². The lowest BCUT2D eigenvalue weighted by molar-refractivity contribution is 0.0949. The molecule has 5 nitrogen and oxygen atoms in total. The van der Waals surface area contributed by atoms with E-state index in [9.17, 15) is 9.18 Å². The Bertz CT molecular complexity index is 1030. The van der Waals surface area contributed by atoms with Gasteiger partial charge in [0.05, 0.1) is 28.0 Å². The summed E-state index contributed by atoms with van der Waals surface area (Å²) in [6, 6.07) is 10.2. The number of pyridine rings is 1. The van der Waals surface area contributed by atoms with E-state index < -0.39 is 0 Å². The van der Waals surface area contributed by atoms with E-state index >= 15 is 0 Å². The molecule has 0 saturated carbocycles. The van der Waals surface area contributed by atoms with Gasteiger partial charge in [0.1, 0.15) is 5.82 Å². The molecule has 1 amide bonds. The Kier molecular flexibility index (Phi) is 6.20. The molecule has 3 heterocycles. The molecule has 0 unspecified atom stereocenters. The summed E-state index contributed by atoms with van der Waals surface area (Å²) in [5, 5.41) is 3.98. The average molecular weight is 425 g/mol. The van der Waals surface area contributed by atoms with E-state index in [2.05, 4.69) is 15.2 Å². The summed E-state index contributed by atoms with van der Waals surface area (Å²) >= 11 is 1.74. The molecular weight excluding hydrogens is 399 g/mol. The number of carbonyl (C=O) groups is 1. The smallest absolute Gasteiger partial charge is 0.253 e. The zero-order valence-electron chi connectivity index (χ0n) is 17.2. The summed E-state index contributed by atoms with van der Waals surface area (Å²) in [7, 11) is 0. The van der Waals surface area contributed by atoms with Gasteiger partial charge in [-0.15, -0.1) is 11.3 Å². The van der Waals surface area contributed by atoms with Crippen molar-refractivity contribution in [3.05, 3.63) is 80.8 Å². The first kappa shape index (κ1) is 20.6. The van der Waals surface area contributed by atoms with Crippen molar-refractivity contribution in [2.45, 2.75) is 45.8 Å². The summed E-state index contributed by atoms with van der Waals surface area (Å²) in [6.07, 6.45) is 4.17. The van der Waals surface area contributed by atoms with Gasteiger partial charge in [0.15, 0.2) is 0 Å². The van der Waals surface area contributed by atoms with E-state index in [0.29, 0.717) is 12.1 Å². The van der Waals surface area contributed by atoms with Crippen molar-refractivity contribution in [3.8, 4) is 0 Å². The number of aryl methyl sites for hydroxylation is 2. The van der Waals surface area contributed by atoms with Crippen molar-refractivity contribution < 1.29 is 9.18 Å². The van der Waals surface area contributed by atoms with E-state index in [-0.39, 0.29) is 17.8 Å². The largest absolute Gasteiger partial charge is 0.348 e. The number of thiazole rings is 1. The third kappa shape index (κ3) is 4.74. The quantitative estimate of drug-likeness (QED) is 0.630. The SMILES string of the molecule is Cc1ncc(CN2CCC[C@@H]2c2ccc(C(=O)NCc3ccc(F)cc3)c(C)n2)s1. The Balaban J connectivity index is 1.42. The molecule has 0 aliphatic carbocycles. The van der Waals surface area contributed by atoms with Gasteiger partial charge in [0.2, 0.25) is 0 Å². The molecule has 30 heavy (non-hydrogen) atoms. The van der Waals surface area contributed by atoms with Gasteiger partial charge in [0.25, 0.3) is 5.91 Å². The molecule has 156 valence electrons. The van der Waals surface area contributed by atoms with Gasteiger partial charge in [-0.05, 0) is 63.1 Å². The van der Waals surface area contributed by atoms with Crippen molar-refractivity contribution in [2.75, 3.05) is 6.54 Å². The zero-order valence-corrected chi connectivity index (χ0v) is 18.0. The van der Waals surface area contributed by atoms with Crippen LogP contribution in [0, 0.1) is 19.7 Å². The van der Waals surface area contributed by atoms with Gasteiger partial charge in [-0.1, -0.05) is 12.1 Å². The fourth-order valence-corrected chi connectivity index (χ4v) is 4.74. The van der Waals surface area contributed by atoms with E-state index in [0.717, 1.165) is 47.9 Å². The highest BCUT2D eigenvalue weighted by Gasteiger charge is 2.28. The number of nitrogens with one attached hydrogen (secondary N) is 1. The number of nitrogens with zero attached hydrogens (tertiary/aromatic N) is 3. The van der Waals surface area contributed by atoms with Crippen LogP contribution >= 0.6 is 11.3 Å². The van der Waals surface area contributed by atoms with E-state index in [1.165, 1.54) is 17.0 Å². The molecule has 1 aliphatic rings. The second-order valence-corrected chi connectivity index (χ2v) is 8.97. The summed E-state index contributed by atoms with van der Waals surface area (Å²) in [5.74, 6) is -0.452. The molecule has 1 saturated heterocycles. The van der Waals surface area contributed by atoms with Crippen LogP contribution in [0.5, 0.6) is 0 Å².